The van der Waals surface area contributed by atoms with Crippen molar-refractivity contribution in [1.82, 2.24) is 4.98 Å². The molecule has 3 aromatic carbocycles. The third-order valence-corrected chi connectivity index (χ3v) is 7.11. The van der Waals surface area contributed by atoms with Crippen molar-refractivity contribution in [3.8, 4) is 11.5 Å². The van der Waals surface area contributed by atoms with Crippen LogP contribution in [-0.2, 0) is 9.59 Å². The van der Waals surface area contributed by atoms with Crippen molar-refractivity contribution in [2.24, 2.45) is 0 Å². The average Bonchev–Trinajstić information content (AvgIpc) is 3.45. The molecule has 1 unspecified atom stereocenters. The number of carbonyl (C=O) groups is 2. The number of Topliss-reactive ketones (excluding diaryl/α,β-unsaturated/α-hetero) is 1. The molecular weight excluding hydrogens is 507 g/mol. The minimum absolute atomic E-state index is 0.0990. The summed E-state index contributed by atoms with van der Waals surface area (Å²) < 4.78 is 25.7. The standard InChI is InChI=1S/C29H25FN2O5S/c1-3-15-37-20-11-7-18(8-12-20)26(33)24-25(17-5-9-19(30)10-6-17)32(28(35)27(24)34)29-31-22-14-13-21(36-4-2)16-23(22)38-29/h5-14,16,25,33H,3-4,15H2,1-2H3/b26-24+. The van der Waals surface area contributed by atoms with Crippen LogP contribution in [0.25, 0.3) is 16.0 Å². The first-order valence-corrected chi connectivity index (χ1v) is 13.1. The number of aliphatic hydroxyl groups excluding tert-OH is 1. The van der Waals surface area contributed by atoms with Gasteiger partial charge in [-0.15, -0.1) is 0 Å². The average molecular weight is 533 g/mol. The number of anilines is 1. The van der Waals surface area contributed by atoms with E-state index in [1.165, 1.54) is 40.5 Å². The lowest BCUT2D eigenvalue weighted by Gasteiger charge is -2.23. The Bertz CT molecular complexity index is 1530. The van der Waals surface area contributed by atoms with Gasteiger partial charge in [0.2, 0.25) is 0 Å². The quantitative estimate of drug-likeness (QED) is 0.164. The Morgan fingerprint density at radius 1 is 1.00 bits per heavy atom. The summed E-state index contributed by atoms with van der Waals surface area (Å²) in [5.74, 6) is -1.18. The van der Waals surface area contributed by atoms with E-state index in [1.54, 1.807) is 36.4 Å². The number of aromatic nitrogens is 1. The molecule has 1 amide bonds. The number of nitrogens with zero attached hydrogens (tertiary/aromatic N) is 2. The van der Waals surface area contributed by atoms with Crippen molar-refractivity contribution in [2.45, 2.75) is 26.3 Å². The van der Waals surface area contributed by atoms with E-state index in [9.17, 15) is 19.1 Å². The molecule has 1 N–H and O–H groups in total. The minimum Gasteiger partial charge on any atom is -0.507 e. The van der Waals surface area contributed by atoms with Gasteiger partial charge < -0.3 is 14.6 Å². The fraction of sp³-hybridized carbons (Fsp3) is 0.207. The van der Waals surface area contributed by atoms with Crippen molar-refractivity contribution in [3.05, 3.63) is 89.2 Å². The third-order valence-electron chi connectivity index (χ3n) is 6.10. The number of halogens is 1. The second-order valence-electron chi connectivity index (χ2n) is 8.65. The lowest BCUT2D eigenvalue weighted by Crippen LogP contribution is -2.29. The molecule has 9 heteroatoms. The van der Waals surface area contributed by atoms with Gasteiger partial charge in [-0.3, -0.25) is 14.5 Å². The van der Waals surface area contributed by atoms with Gasteiger partial charge in [-0.2, -0.15) is 0 Å². The van der Waals surface area contributed by atoms with Gasteiger partial charge in [0.25, 0.3) is 5.78 Å². The number of ketones is 1. The topological polar surface area (TPSA) is 89.0 Å². The summed E-state index contributed by atoms with van der Waals surface area (Å²) in [6.07, 6.45) is 0.849. The van der Waals surface area contributed by atoms with Gasteiger partial charge in [0.1, 0.15) is 23.1 Å². The molecule has 7 nitrogen and oxygen atoms in total. The normalized spacial score (nSPS) is 16.8. The number of fused-ring (bicyclic) bond motifs is 1. The molecular formula is C29H25FN2O5S. The summed E-state index contributed by atoms with van der Waals surface area (Å²) >= 11 is 1.23. The number of rotatable bonds is 8. The molecule has 0 radical (unpaired) electrons. The number of hydrogen-bond donors (Lipinski definition) is 1. The predicted molar refractivity (Wildman–Crippen MR) is 144 cm³/mol. The Hall–Kier alpha value is -4.24. The first kappa shape index (κ1) is 25.4. The van der Waals surface area contributed by atoms with Crippen molar-refractivity contribution in [2.75, 3.05) is 18.1 Å². The maximum absolute atomic E-state index is 13.8. The van der Waals surface area contributed by atoms with Crippen LogP contribution in [0.3, 0.4) is 0 Å². The van der Waals surface area contributed by atoms with Crippen LogP contribution in [-0.4, -0.2) is 35.0 Å². The van der Waals surface area contributed by atoms with Crippen LogP contribution >= 0.6 is 11.3 Å². The van der Waals surface area contributed by atoms with E-state index in [1.807, 2.05) is 19.9 Å². The van der Waals surface area contributed by atoms with E-state index in [0.717, 1.165) is 11.1 Å². The fourth-order valence-electron chi connectivity index (χ4n) is 4.33. The molecule has 2 heterocycles. The molecule has 0 saturated carbocycles. The molecule has 4 aromatic rings. The SMILES string of the molecule is CCCOc1ccc(/C(O)=C2\C(=O)C(=O)N(c3nc4ccc(OCC)cc4s3)C2c2ccc(F)cc2)cc1. The smallest absolute Gasteiger partial charge is 0.301 e. The number of aliphatic hydroxyl groups is 1. The van der Waals surface area contributed by atoms with Crippen LogP contribution < -0.4 is 14.4 Å². The lowest BCUT2D eigenvalue weighted by molar-refractivity contribution is -0.132. The minimum atomic E-state index is -1.00. The van der Waals surface area contributed by atoms with Gasteiger partial charge in [0, 0.05) is 5.56 Å². The van der Waals surface area contributed by atoms with Gasteiger partial charge in [-0.05, 0) is 73.5 Å². The van der Waals surface area contributed by atoms with Crippen LogP contribution in [0, 0.1) is 5.82 Å². The number of hydrogen-bond acceptors (Lipinski definition) is 7. The van der Waals surface area contributed by atoms with E-state index < -0.39 is 23.5 Å². The second-order valence-corrected chi connectivity index (χ2v) is 9.66. The van der Waals surface area contributed by atoms with Crippen molar-refractivity contribution >= 4 is 44.1 Å². The summed E-state index contributed by atoms with van der Waals surface area (Å²) in [6, 6.07) is 16.5. The Kier molecular flexibility index (Phi) is 7.11. The molecule has 0 bridgehead atoms. The highest BCUT2D eigenvalue weighted by molar-refractivity contribution is 7.22. The van der Waals surface area contributed by atoms with Crippen LogP contribution in [0.2, 0.25) is 0 Å². The molecule has 0 spiro atoms. The summed E-state index contributed by atoms with van der Waals surface area (Å²) in [7, 11) is 0. The number of carbonyl (C=O) groups excluding carboxylic acids is 2. The monoisotopic (exact) mass is 532 g/mol. The Morgan fingerprint density at radius 3 is 2.39 bits per heavy atom. The number of benzene rings is 3. The van der Waals surface area contributed by atoms with E-state index in [4.69, 9.17) is 9.47 Å². The van der Waals surface area contributed by atoms with Crippen LogP contribution in [0.1, 0.15) is 37.4 Å². The maximum Gasteiger partial charge on any atom is 0.301 e. The first-order valence-electron chi connectivity index (χ1n) is 12.2. The van der Waals surface area contributed by atoms with E-state index in [-0.39, 0.29) is 16.5 Å². The van der Waals surface area contributed by atoms with Gasteiger partial charge in [-0.1, -0.05) is 30.4 Å². The zero-order valence-corrected chi connectivity index (χ0v) is 21.6. The highest BCUT2D eigenvalue weighted by Gasteiger charge is 2.48. The maximum atomic E-state index is 13.8. The zero-order chi connectivity index (χ0) is 26.8. The molecule has 38 heavy (non-hydrogen) atoms. The molecule has 194 valence electrons. The molecule has 1 saturated heterocycles. The summed E-state index contributed by atoms with van der Waals surface area (Å²) in [5.41, 5.74) is 1.35. The second kappa shape index (κ2) is 10.6. The Labute approximate surface area is 222 Å². The van der Waals surface area contributed by atoms with Crippen molar-refractivity contribution in [1.29, 1.82) is 0 Å². The fourth-order valence-corrected chi connectivity index (χ4v) is 5.35. The Balaban J connectivity index is 1.62. The molecule has 1 aliphatic heterocycles. The number of thiazole rings is 1. The summed E-state index contributed by atoms with van der Waals surface area (Å²) in [4.78, 5) is 32.6. The van der Waals surface area contributed by atoms with Gasteiger partial charge in [0.15, 0.2) is 5.13 Å². The van der Waals surface area contributed by atoms with Crippen LogP contribution in [0.5, 0.6) is 11.5 Å². The molecule has 0 aliphatic carbocycles. The molecule has 1 aromatic heterocycles. The van der Waals surface area contributed by atoms with Gasteiger partial charge >= 0.3 is 5.91 Å². The predicted octanol–water partition coefficient (Wildman–Crippen LogP) is 6.25. The number of ether oxygens (including phenoxy) is 2. The van der Waals surface area contributed by atoms with Crippen LogP contribution in [0.4, 0.5) is 9.52 Å². The van der Waals surface area contributed by atoms with E-state index in [0.29, 0.717) is 41.4 Å². The van der Waals surface area contributed by atoms with Crippen molar-refractivity contribution in [3.63, 3.8) is 0 Å². The molecule has 1 atom stereocenters. The first-order chi connectivity index (χ1) is 18.4. The largest absolute Gasteiger partial charge is 0.507 e. The highest BCUT2D eigenvalue weighted by atomic mass is 32.1. The molecule has 1 aliphatic rings. The van der Waals surface area contributed by atoms with Crippen LogP contribution in [0.15, 0.2) is 72.3 Å². The lowest BCUT2D eigenvalue weighted by atomic mass is 9.95. The van der Waals surface area contributed by atoms with Gasteiger partial charge in [0.05, 0.1) is 35.0 Å². The Morgan fingerprint density at radius 2 is 1.71 bits per heavy atom. The third kappa shape index (κ3) is 4.72. The van der Waals surface area contributed by atoms with Gasteiger partial charge in [-0.25, -0.2) is 9.37 Å². The number of amides is 1. The highest BCUT2D eigenvalue weighted by Crippen LogP contribution is 2.44. The molecule has 1 fully saturated rings. The summed E-state index contributed by atoms with van der Waals surface area (Å²) in [5, 5.41) is 11.6. The van der Waals surface area contributed by atoms with Crippen molar-refractivity contribution < 1.29 is 28.6 Å². The zero-order valence-electron chi connectivity index (χ0n) is 20.8. The summed E-state index contributed by atoms with van der Waals surface area (Å²) in [6.45, 7) is 4.94. The van der Waals surface area contributed by atoms with E-state index in [2.05, 4.69) is 4.98 Å². The molecule has 5 rings (SSSR count). The van der Waals surface area contributed by atoms with E-state index >= 15 is 0 Å².